The molecule has 2 aromatic rings. The van der Waals surface area contributed by atoms with Crippen LogP contribution >= 0.6 is 11.5 Å². The largest absolute Gasteiger partial charge is 0.392 e. The number of hydrogen-bond acceptors (Lipinski definition) is 5. The van der Waals surface area contributed by atoms with Crippen LogP contribution in [-0.4, -0.2) is 14.7 Å². The molecule has 0 aliphatic carbocycles. The summed E-state index contributed by atoms with van der Waals surface area (Å²) in [5.41, 5.74) is 2.86. The third kappa shape index (κ3) is 2.74. The number of anilines is 1. The van der Waals surface area contributed by atoms with Gasteiger partial charge in [0.05, 0.1) is 18.8 Å². The van der Waals surface area contributed by atoms with E-state index in [9.17, 15) is 0 Å². The zero-order valence-corrected chi connectivity index (χ0v) is 8.87. The summed E-state index contributed by atoms with van der Waals surface area (Å²) in [6.07, 6.45) is 0. The van der Waals surface area contributed by atoms with Crippen molar-refractivity contribution in [2.45, 2.75) is 13.2 Å². The standard InChI is InChI=1S/C10H11N3OS/c14-6-8-1-3-9(4-2-8)11-5-10-7-15-13-12-10/h1-4,7,11,14H,5-6H2. The minimum absolute atomic E-state index is 0.0796. The van der Waals surface area contributed by atoms with Crippen molar-refractivity contribution in [1.29, 1.82) is 0 Å². The number of nitrogens with zero attached hydrogens (tertiary/aromatic N) is 2. The molecule has 2 N–H and O–H groups in total. The first kappa shape index (κ1) is 10.1. The molecule has 0 aliphatic heterocycles. The highest BCUT2D eigenvalue weighted by molar-refractivity contribution is 7.03. The second kappa shape index (κ2) is 4.86. The second-order valence-corrected chi connectivity index (χ2v) is 3.71. The predicted octanol–water partition coefficient (Wildman–Crippen LogP) is 1.64. The smallest absolute Gasteiger partial charge is 0.0946 e. The molecule has 0 amide bonds. The van der Waals surface area contributed by atoms with Crippen molar-refractivity contribution in [2.75, 3.05) is 5.32 Å². The Bertz CT molecular complexity index is 399. The van der Waals surface area contributed by atoms with Gasteiger partial charge in [0.15, 0.2) is 0 Å². The molecule has 4 nitrogen and oxygen atoms in total. The van der Waals surface area contributed by atoms with E-state index < -0.39 is 0 Å². The van der Waals surface area contributed by atoms with Gasteiger partial charge in [-0.1, -0.05) is 16.6 Å². The molecule has 0 saturated carbocycles. The van der Waals surface area contributed by atoms with Crippen LogP contribution in [0.2, 0.25) is 0 Å². The molecule has 0 radical (unpaired) electrons. The fourth-order valence-corrected chi connectivity index (χ4v) is 1.63. The van der Waals surface area contributed by atoms with Crippen molar-refractivity contribution in [3.8, 4) is 0 Å². The monoisotopic (exact) mass is 221 g/mol. The van der Waals surface area contributed by atoms with Crippen molar-refractivity contribution in [3.05, 3.63) is 40.9 Å². The highest BCUT2D eigenvalue weighted by atomic mass is 32.1. The van der Waals surface area contributed by atoms with E-state index in [-0.39, 0.29) is 6.61 Å². The number of aromatic nitrogens is 2. The first-order valence-corrected chi connectivity index (χ1v) is 5.42. The van der Waals surface area contributed by atoms with Crippen molar-refractivity contribution in [3.63, 3.8) is 0 Å². The summed E-state index contributed by atoms with van der Waals surface area (Å²) in [4.78, 5) is 0. The molecular weight excluding hydrogens is 210 g/mol. The van der Waals surface area contributed by atoms with Crippen LogP contribution in [-0.2, 0) is 13.2 Å². The highest BCUT2D eigenvalue weighted by Crippen LogP contribution is 2.10. The SMILES string of the molecule is OCc1ccc(NCc2csnn2)cc1. The Morgan fingerprint density at radius 1 is 1.27 bits per heavy atom. The van der Waals surface area contributed by atoms with Gasteiger partial charge in [0.1, 0.15) is 0 Å². The lowest BCUT2D eigenvalue weighted by Crippen LogP contribution is -1.99. The Balaban J connectivity index is 1.93. The van der Waals surface area contributed by atoms with Crippen LogP contribution in [0.15, 0.2) is 29.6 Å². The number of aliphatic hydroxyl groups is 1. The summed E-state index contributed by atoms with van der Waals surface area (Å²) < 4.78 is 3.78. The van der Waals surface area contributed by atoms with Crippen LogP contribution in [0.3, 0.4) is 0 Å². The molecule has 78 valence electrons. The number of benzene rings is 1. The molecule has 2 rings (SSSR count). The topological polar surface area (TPSA) is 58.0 Å². The van der Waals surface area contributed by atoms with Gasteiger partial charge in [-0.25, -0.2) is 0 Å². The summed E-state index contributed by atoms with van der Waals surface area (Å²) in [5.74, 6) is 0. The number of nitrogens with one attached hydrogen (secondary N) is 1. The van der Waals surface area contributed by atoms with Crippen molar-refractivity contribution in [2.24, 2.45) is 0 Å². The van der Waals surface area contributed by atoms with E-state index >= 15 is 0 Å². The predicted molar refractivity (Wildman–Crippen MR) is 59.6 cm³/mol. The fraction of sp³-hybridized carbons (Fsp3) is 0.200. The van der Waals surface area contributed by atoms with E-state index in [1.165, 1.54) is 11.5 Å². The van der Waals surface area contributed by atoms with Crippen LogP contribution in [0.5, 0.6) is 0 Å². The Kier molecular flexibility index (Phi) is 3.26. The molecule has 1 aromatic heterocycles. The van der Waals surface area contributed by atoms with Gasteiger partial charge >= 0.3 is 0 Å². The lowest BCUT2D eigenvalue weighted by Gasteiger charge is -2.04. The van der Waals surface area contributed by atoms with Gasteiger partial charge in [0, 0.05) is 11.1 Å². The van der Waals surface area contributed by atoms with E-state index in [1.54, 1.807) is 0 Å². The Labute approximate surface area is 91.8 Å². The quantitative estimate of drug-likeness (QED) is 0.824. The maximum absolute atomic E-state index is 8.87. The molecular formula is C10H11N3OS. The van der Waals surface area contributed by atoms with Crippen molar-refractivity contribution in [1.82, 2.24) is 9.59 Å². The van der Waals surface area contributed by atoms with E-state index in [0.29, 0.717) is 6.54 Å². The molecule has 5 heteroatoms. The summed E-state index contributed by atoms with van der Waals surface area (Å²) in [7, 11) is 0. The van der Waals surface area contributed by atoms with Crippen LogP contribution in [0.1, 0.15) is 11.3 Å². The lowest BCUT2D eigenvalue weighted by atomic mass is 10.2. The Hall–Kier alpha value is -1.46. The molecule has 0 spiro atoms. The zero-order chi connectivity index (χ0) is 10.5. The minimum atomic E-state index is 0.0796. The van der Waals surface area contributed by atoms with Crippen LogP contribution in [0, 0.1) is 0 Å². The number of hydrogen-bond donors (Lipinski definition) is 2. The summed E-state index contributed by atoms with van der Waals surface area (Å²) in [6, 6.07) is 7.65. The van der Waals surface area contributed by atoms with Gasteiger partial charge < -0.3 is 10.4 Å². The second-order valence-electron chi connectivity index (χ2n) is 3.10. The number of aliphatic hydroxyl groups excluding tert-OH is 1. The van der Waals surface area contributed by atoms with Gasteiger partial charge in [0.25, 0.3) is 0 Å². The zero-order valence-electron chi connectivity index (χ0n) is 8.05. The molecule has 15 heavy (non-hydrogen) atoms. The summed E-state index contributed by atoms with van der Waals surface area (Å²) in [6.45, 7) is 0.755. The summed E-state index contributed by atoms with van der Waals surface area (Å²) >= 11 is 1.35. The number of rotatable bonds is 4. The normalized spacial score (nSPS) is 10.2. The minimum Gasteiger partial charge on any atom is -0.392 e. The molecule has 1 heterocycles. The van der Waals surface area contributed by atoms with E-state index in [4.69, 9.17) is 5.11 Å². The molecule has 0 aliphatic rings. The Morgan fingerprint density at radius 2 is 2.07 bits per heavy atom. The van der Waals surface area contributed by atoms with Crippen molar-refractivity contribution >= 4 is 17.2 Å². The third-order valence-corrected chi connectivity index (χ3v) is 2.57. The van der Waals surface area contributed by atoms with E-state index in [2.05, 4.69) is 14.9 Å². The average molecular weight is 221 g/mol. The molecule has 0 bridgehead atoms. The molecule has 0 atom stereocenters. The van der Waals surface area contributed by atoms with E-state index in [0.717, 1.165) is 16.9 Å². The third-order valence-electron chi connectivity index (χ3n) is 2.02. The maximum atomic E-state index is 8.87. The lowest BCUT2D eigenvalue weighted by molar-refractivity contribution is 0.282. The van der Waals surface area contributed by atoms with Crippen LogP contribution < -0.4 is 5.32 Å². The van der Waals surface area contributed by atoms with E-state index in [1.807, 2.05) is 29.6 Å². The summed E-state index contributed by atoms with van der Waals surface area (Å²) in [5, 5.41) is 17.9. The van der Waals surface area contributed by atoms with Crippen LogP contribution in [0.25, 0.3) is 0 Å². The van der Waals surface area contributed by atoms with Gasteiger partial charge in [-0.05, 0) is 29.2 Å². The first-order chi connectivity index (χ1) is 7.38. The van der Waals surface area contributed by atoms with Crippen LogP contribution in [0.4, 0.5) is 5.69 Å². The fourth-order valence-electron chi connectivity index (χ4n) is 1.18. The molecule has 1 aromatic carbocycles. The maximum Gasteiger partial charge on any atom is 0.0946 e. The molecule has 0 fully saturated rings. The Morgan fingerprint density at radius 3 is 2.67 bits per heavy atom. The first-order valence-electron chi connectivity index (χ1n) is 4.58. The highest BCUT2D eigenvalue weighted by Gasteiger charge is 1.96. The average Bonchev–Trinajstić information content (AvgIpc) is 2.80. The van der Waals surface area contributed by atoms with Gasteiger partial charge in [-0.3, -0.25) is 0 Å². The molecule has 0 unspecified atom stereocenters. The van der Waals surface area contributed by atoms with Crippen molar-refractivity contribution < 1.29 is 5.11 Å². The molecule has 0 saturated heterocycles. The van der Waals surface area contributed by atoms with Gasteiger partial charge in [-0.15, -0.1) is 5.10 Å². The van der Waals surface area contributed by atoms with Gasteiger partial charge in [-0.2, -0.15) is 0 Å². The van der Waals surface area contributed by atoms with Gasteiger partial charge in [0.2, 0.25) is 0 Å².